The lowest BCUT2D eigenvalue weighted by Crippen LogP contribution is -2.37. The molecule has 0 fully saturated rings. The summed E-state index contributed by atoms with van der Waals surface area (Å²) in [5, 5.41) is 22.8. The molecule has 19 heavy (non-hydrogen) atoms. The van der Waals surface area contributed by atoms with Crippen LogP contribution in [0.2, 0.25) is 0 Å². The van der Waals surface area contributed by atoms with Crippen molar-refractivity contribution < 1.29 is 14.6 Å². The van der Waals surface area contributed by atoms with Crippen molar-refractivity contribution in [3.63, 3.8) is 0 Å². The highest BCUT2D eigenvalue weighted by atomic mass is 32.1. The SMILES string of the molecule is COCCN(CCO)CC(=O)Nc1sccc1C#N. The Labute approximate surface area is 116 Å². The molecule has 0 aliphatic carbocycles. The number of thiophene rings is 1. The third-order valence-electron chi connectivity index (χ3n) is 2.43. The van der Waals surface area contributed by atoms with Crippen LogP contribution >= 0.6 is 11.3 Å². The number of carbonyl (C=O) groups excluding carboxylic acids is 1. The van der Waals surface area contributed by atoms with Gasteiger partial charge in [0.2, 0.25) is 5.91 Å². The monoisotopic (exact) mass is 283 g/mol. The lowest BCUT2D eigenvalue weighted by atomic mass is 10.3. The van der Waals surface area contributed by atoms with E-state index in [4.69, 9.17) is 15.1 Å². The predicted molar refractivity (Wildman–Crippen MR) is 73.1 cm³/mol. The van der Waals surface area contributed by atoms with Crippen molar-refractivity contribution in [3.05, 3.63) is 17.0 Å². The van der Waals surface area contributed by atoms with Crippen LogP contribution in [0.4, 0.5) is 5.00 Å². The standard InChI is InChI=1S/C12H17N3O3S/c1-18-6-4-15(3-5-16)9-11(17)14-12-10(8-13)2-7-19-12/h2,7,16H,3-6,9H2,1H3,(H,14,17). The number of nitrogens with one attached hydrogen (secondary N) is 1. The summed E-state index contributed by atoms with van der Waals surface area (Å²) >= 11 is 1.31. The Hall–Kier alpha value is -1.46. The Bertz CT molecular complexity index is 442. The number of nitriles is 1. The molecule has 0 atom stereocenters. The number of carbonyl (C=O) groups is 1. The maximum Gasteiger partial charge on any atom is 0.239 e. The Morgan fingerprint density at radius 2 is 2.42 bits per heavy atom. The molecule has 1 amide bonds. The van der Waals surface area contributed by atoms with Crippen LogP contribution in [0.25, 0.3) is 0 Å². The molecule has 104 valence electrons. The zero-order valence-corrected chi connectivity index (χ0v) is 11.6. The van der Waals surface area contributed by atoms with Gasteiger partial charge >= 0.3 is 0 Å². The fraction of sp³-hybridized carbons (Fsp3) is 0.500. The van der Waals surface area contributed by atoms with E-state index in [1.165, 1.54) is 11.3 Å². The van der Waals surface area contributed by atoms with Gasteiger partial charge in [0.25, 0.3) is 0 Å². The summed E-state index contributed by atoms with van der Waals surface area (Å²) < 4.78 is 4.95. The lowest BCUT2D eigenvalue weighted by molar-refractivity contribution is -0.117. The second-order valence-electron chi connectivity index (χ2n) is 3.82. The first kappa shape index (κ1) is 15.6. The molecule has 1 rings (SSSR count). The predicted octanol–water partition coefficient (Wildman–Crippen LogP) is 0.499. The lowest BCUT2D eigenvalue weighted by Gasteiger charge is -2.19. The molecule has 1 aromatic heterocycles. The summed E-state index contributed by atoms with van der Waals surface area (Å²) in [5.74, 6) is -0.205. The molecule has 0 unspecified atom stereocenters. The van der Waals surface area contributed by atoms with Gasteiger partial charge < -0.3 is 15.2 Å². The minimum Gasteiger partial charge on any atom is -0.395 e. The largest absolute Gasteiger partial charge is 0.395 e. The van der Waals surface area contributed by atoms with E-state index in [-0.39, 0.29) is 19.1 Å². The van der Waals surface area contributed by atoms with E-state index in [0.29, 0.717) is 30.3 Å². The number of aliphatic hydroxyl groups is 1. The van der Waals surface area contributed by atoms with Crippen LogP contribution in [-0.2, 0) is 9.53 Å². The van der Waals surface area contributed by atoms with Crippen LogP contribution in [0.1, 0.15) is 5.56 Å². The van der Waals surface area contributed by atoms with Gasteiger partial charge in [0.1, 0.15) is 11.1 Å². The van der Waals surface area contributed by atoms with Crippen LogP contribution in [0, 0.1) is 11.3 Å². The molecule has 7 heteroatoms. The second-order valence-corrected chi connectivity index (χ2v) is 4.73. The highest BCUT2D eigenvalue weighted by Gasteiger charge is 2.12. The first-order chi connectivity index (χ1) is 9.21. The number of anilines is 1. The highest BCUT2D eigenvalue weighted by Crippen LogP contribution is 2.21. The molecule has 0 aliphatic rings. The summed E-state index contributed by atoms with van der Waals surface area (Å²) in [6.45, 7) is 1.62. The summed E-state index contributed by atoms with van der Waals surface area (Å²) in [5.41, 5.74) is 0.462. The quantitative estimate of drug-likeness (QED) is 0.725. The first-order valence-corrected chi connectivity index (χ1v) is 6.68. The molecule has 0 aromatic carbocycles. The van der Waals surface area contributed by atoms with Crippen molar-refractivity contribution in [2.75, 3.05) is 45.3 Å². The molecular weight excluding hydrogens is 266 g/mol. The molecule has 0 saturated carbocycles. The van der Waals surface area contributed by atoms with E-state index in [9.17, 15) is 4.79 Å². The van der Waals surface area contributed by atoms with E-state index >= 15 is 0 Å². The summed E-state index contributed by atoms with van der Waals surface area (Å²) in [6, 6.07) is 3.68. The van der Waals surface area contributed by atoms with Gasteiger partial charge in [-0.1, -0.05) is 0 Å². The van der Waals surface area contributed by atoms with Gasteiger partial charge in [0.15, 0.2) is 0 Å². The van der Waals surface area contributed by atoms with E-state index in [0.717, 1.165) is 0 Å². The normalized spacial score (nSPS) is 10.4. The van der Waals surface area contributed by atoms with Gasteiger partial charge in [-0.05, 0) is 11.4 Å². The summed E-state index contributed by atoms with van der Waals surface area (Å²) in [7, 11) is 1.59. The topological polar surface area (TPSA) is 85.6 Å². The Morgan fingerprint density at radius 3 is 3.05 bits per heavy atom. The third-order valence-corrected chi connectivity index (χ3v) is 3.26. The van der Waals surface area contributed by atoms with Crippen molar-refractivity contribution >= 4 is 22.2 Å². The zero-order chi connectivity index (χ0) is 14.1. The third kappa shape index (κ3) is 5.36. The van der Waals surface area contributed by atoms with Crippen molar-refractivity contribution in [2.24, 2.45) is 0 Å². The number of hydrogen-bond donors (Lipinski definition) is 2. The summed E-state index contributed by atoms with van der Waals surface area (Å²) in [4.78, 5) is 13.6. The Balaban J connectivity index is 2.50. The number of methoxy groups -OCH3 is 1. The number of nitrogens with zero attached hydrogens (tertiary/aromatic N) is 2. The highest BCUT2D eigenvalue weighted by molar-refractivity contribution is 7.14. The van der Waals surface area contributed by atoms with Crippen LogP contribution in [0.3, 0.4) is 0 Å². The molecule has 0 spiro atoms. The van der Waals surface area contributed by atoms with Crippen LogP contribution in [0.15, 0.2) is 11.4 Å². The fourth-order valence-electron chi connectivity index (χ4n) is 1.50. The van der Waals surface area contributed by atoms with Crippen LogP contribution in [0.5, 0.6) is 0 Å². The molecule has 0 bridgehead atoms. The van der Waals surface area contributed by atoms with Crippen LogP contribution < -0.4 is 5.32 Å². The van der Waals surface area contributed by atoms with Gasteiger partial charge in [-0.2, -0.15) is 5.26 Å². The Kier molecular flexibility index (Phi) is 7.07. The number of hydrogen-bond acceptors (Lipinski definition) is 6. The van der Waals surface area contributed by atoms with Crippen LogP contribution in [-0.4, -0.2) is 55.9 Å². The first-order valence-electron chi connectivity index (χ1n) is 5.80. The van der Waals surface area contributed by atoms with Crippen molar-refractivity contribution in [3.8, 4) is 6.07 Å². The molecule has 2 N–H and O–H groups in total. The molecule has 6 nitrogen and oxygen atoms in total. The minimum atomic E-state index is -0.205. The van der Waals surface area contributed by atoms with Gasteiger partial charge in [0.05, 0.1) is 25.3 Å². The number of ether oxygens (including phenoxy) is 1. The van der Waals surface area contributed by atoms with Gasteiger partial charge in [-0.15, -0.1) is 11.3 Å². The molecule has 1 heterocycles. The molecule has 1 aromatic rings. The zero-order valence-electron chi connectivity index (χ0n) is 10.8. The van der Waals surface area contributed by atoms with E-state index < -0.39 is 0 Å². The van der Waals surface area contributed by atoms with Gasteiger partial charge in [-0.3, -0.25) is 9.69 Å². The number of aliphatic hydroxyl groups excluding tert-OH is 1. The average Bonchev–Trinajstić information content (AvgIpc) is 2.83. The number of amides is 1. The summed E-state index contributed by atoms with van der Waals surface area (Å²) in [6.07, 6.45) is 0. The molecule has 0 saturated heterocycles. The van der Waals surface area contributed by atoms with Gasteiger partial charge in [-0.25, -0.2) is 0 Å². The minimum absolute atomic E-state index is 0.0144. The Morgan fingerprint density at radius 1 is 1.63 bits per heavy atom. The fourth-order valence-corrected chi connectivity index (χ4v) is 2.25. The number of rotatable bonds is 8. The van der Waals surface area contributed by atoms with Crippen molar-refractivity contribution in [2.45, 2.75) is 0 Å². The van der Waals surface area contributed by atoms with E-state index in [2.05, 4.69) is 5.32 Å². The van der Waals surface area contributed by atoms with Crippen molar-refractivity contribution in [1.82, 2.24) is 4.90 Å². The van der Waals surface area contributed by atoms with E-state index in [1.807, 2.05) is 6.07 Å². The molecular formula is C12H17N3O3S. The average molecular weight is 283 g/mol. The molecule has 0 radical (unpaired) electrons. The smallest absolute Gasteiger partial charge is 0.239 e. The van der Waals surface area contributed by atoms with Crippen molar-refractivity contribution in [1.29, 1.82) is 5.26 Å². The van der Waals surface area contributed by atoms with Gasteiger partial charge in [0, 0.05) is 20.2 Å². The molecule has 0 aliphatic heterocycles. The maximum absolute atomic E-state index is 11.8. The maximum atomic E-state index is 11.8. The van der Waals surface area contributed by atoms with E-state index in [1.54, 1.807) is 23.5 Å². The second kappa shape index (κ2) is 8.61.